The van der Waals surface area contributed by atoms with Crippen LogP contribution in [0, 0.1) is 6.92 Å². The van der Waals surface area contributed by atoms with Gasteiger partial charge in [0.25, 0.3) is 5.91 Å². The first-order chi connectivity index (χ1) is 12.6. The Balaban J connectivity index is 1.80. The summed E-state index contributed by atoms with van der Waals surface area (Å²) in [5.74, 6) is 0.0636. The summed E-state index contributed by atoms with van der Waals surface area (Å²) >= 11 is 0. The van der Waals surface area contributed by atoms with Crippen LogP contribution < -0.4 is 10.2 Å². The topological polar surface area (TPSA) is 54.3 Å². The summed E-state index contributed by atoms with van der Waals surface area (Å²) in [4.78, 5) is 27.5. The highest BCUT2D eigenvalue weighted by molar-refractivity contribution is 6.14. The molecule has 1 aromatic heterocycles. The average molecular weight is 353 g/mol. The van der Waals surface area contributed by atoms with Gasteiger partial charge in [0.05, 0.1) is 11.2 Å². The molecule has 0 unspecified atom stereocenters. The Morgan fingerprint density at radius 1 is 1.15 bits per heavy atom. The highest BCUT2D eigenvalue weighted by atomic mass is 16.2. The summed E-state index contributed by atoms with van der Waals surface area (Å²) in [6.45, 7) is 2.74. The molecule has 0 atom stereocenters. The van der Waals surface area contributed by atoms with Gasteiger partial charge in [-0.15, -0.1) is 0 Å². The highest BCUT2D eigenvalue weighted by Gasteiger charge is 2.32. The van der Waals surface area contributed by atoms with Crippen LogP contribution in [0.15, 0.2) is 18.2 Å². The van der Waals surface area contributed by atoms with Crippen LogP contribution in [0.4, 0.5) is 5.69 Å². The number of benzene rings is 1. The Morgan fingerprint density at radius 2 is 1.92 bits per heavy atom. The van der Waals surface area contributed by atoms with E-state index in [1.165, 1.54) is 19.3 Å². The third-order valence-electron chi connectivity index (χ3n) is 5.83. The van der Waals surface area contributed by atoms with Crippen molar-refractivity contribution in [3.8, 4) is 0 Å². The molecular formula is C21H27N3O2. The van der Waals surface area contributed by atoms with Crippen molar-refractivity contribution in [2.45, 2.75) is 57.9 Å². The van der Waals surface area contributed by atoms with E-state index in [0.29, 0.717) is 18.7 Å². The van der Waals surface area contributed by atoms with Crippen LogP contribution in [-0.4, -0.2) is 29.0 Å². The van der Waals surface area contributed by atoms with Crippen LogP contribution in [0.3, 0.4) is 0 Å². The zero-order valence-electron chi connectivity index (χ0n) is 15.7. The average Bonchev–Trinajstić information content (AvgIpc) is 3.16. The number of fused-ring (bicyclic) bond motifs is 1. The van der Waals surface area contributed by atoms with E-state index >= 15 is 0 Å². The fourth-order valence-electron chi connectivity index (χ4n) is 4.46. The van der Waals surface area contributed by atoms with Gasteiger partial charge in [-0.1, -0.05) is 30.9 Å². The van der Waals surface area contributed by atoms with Crippen LogP contribution in [0.2, 0.25) is 0 Å². The van der Waals surface area contributed by atoms with Crippen LogP contribution in [0.5, 0.6) is 0 Å². The summed E-state index contributed by atoms with van der Waals surface area (Å²) in [6.07, 6.45) is 7.12. The minimum absolute atomic E-state index is 0.0528. The number of anilines is 1. The third-order valence-corrected chi connectivity index (χ3v) is 5.83. The standard InChI is InChI=1S/C21H27N3O2/c1-14-10-11-17-16(13-14)19(24-12-6-9-18(24)25)20(23(17)2)21(26)22-15-7-4-3-5-8-15/h10-11,13,15H,3-9,12H2,1-2H3,(H,22,26). The maximum atomic E-state index is 13.2. The predicted octanol–water partition coefficient (Wildman–Crippen LogP) is 3.68. The van der Waals surface area contributed by atoms with Crippen molar-refractivity contribution >= 4 is 28.4 Å². The minimum Gasteiger partial charge on any atom is -0.348 e. The van der Waals surface area contributed by atoms with Gasteiger partial charge in [0.1, 0.15) is 5.69 Å². The van der Waals surface area contributed by atoms with Crippen molar-refractivity contribution in [2.24, 2.45) is 7.05 Å². The zero-order chi connectivity index (χ0) is 18.3. The summed E-state index contributed by atoms with van der Waals surface area (Å²) in [5, 5.41) is 4.23. The fraction of sp³-hybridized carbons (Fsp3) is 0.524. The summed E-state index contributed by atoms with van der Waals surface area (Å²) in [6, 6.07) is 6.44. The molecule has 0 spiro atoms. The van der Waals surface area contributed by atoms with Crippen LogP contribution in [0.25, 0.3) is 10.9 Å². The monoisotopic (exact) mass is 353 g/mol. The first-order valence-corrected chi connectivity index (χ1v) is 9.76. The Bertz CT molecular complexity index is 862. The number of carbonyl (C=O) groups is 2. The lowest BCUT2D eigenvalue weighted by Crippen LogP contribution is -2.38. The number of rotatable bonds is 3. The van der Waals surface area contributed by atoms with Gasteiger partial charge in [0.2, 0.25) is 5.91 Å². The predicted molar refractivity (Wildman–Crippen MR) is 104 cm³/mol. The molecule has 2 amide bonds. The SMILES string of the molecule is Cc1ccc2c(c1)c(N1CCCC1=O)c(C(=O)NC1CCCCC1)n2C. The number of hydrogen-bond acceptors (Lipinski definition) is 2. The van der Waals surface area contributed by atoms with Crippen LogP contribution >= 0.6 is 0 Å². The van der Waals surface area contributed by atoms with Gasteiger partial charge in [0, 0.05) is 31.4 Å². The van der Waals surface area contributed by atoms with Gasteiger partial charge in [0.15, 0.2) is 0 Å². The molecule has 1 aliphatic carbocycles. The van der Waals surface area contributed by atoms with E-state index in [9.17, 15) is 9.59 Å². The second-order valence-corrected chi connectivity index (χ2v) is 7.73. The Kier molecular flexibility index (Phi) is 4.47. The Morgan fingerprint density at radius 3 is 2.62 bits per heavy atom. The van der Waals surface area contributed by atoms with E-state index in [2.05, 4.69) is 17.4 Å². The van der Waals surface area contributed by atoms with E-state index in [1.54, 1.807) is 0 Å². The zero-order valence-corrected chi connectivity index (χ0v) is 15.7. The maximum Gasteiger partial charge on any atom is 0.270 e. The number of hydrogen-bond donors (Lipinski definition) is 1. The molecule has 1 aromatic carbocycles. The number of nitrogens with one attached hydrogen (secondary N) is 1. The van der Waals surface area contributed by atoms with Gasteiger partial charge in [-0.05, 0) is 38.3 Å². The highest BCUT2D eigenvalue weighted by Crippen LogP contribution is 2.36. The smallest absolute Gasteiger partial charge is 0.270 e. The number of carbonyl (C=O) groups excluding carboxylic acids is 2. The van der Waals surface area contributed by atoms with E-state index in [4.69, 9.17) is 0 Å². The molecule has 2 fully saturated rings. The molecule has 5 nitrogen and oxygen atoms in total. The molecular weight excluding hydrogens is 326 g/mol. The molecule has 138 valence electrons. The van der Waals surface area contributed by atoms with Gasteiger partial charge in [-0.3, -0.25) is 9.59 Å². The molecule has 1 aliphatic heterocycles. The van der Waals surface area contributed by atoms with Crippen molar-refractivity contribution in [3.05, 3.63) is 29.5 Å². The van der Waals surface area contributed by atoms with Crippen molar-refractivity contribution in [3.63, 3.8) is 0 Å². The van der Waals surface area contributed by atoms with Gasteiger partial charge in [-0.25, -0.2) is 0 Å². The number of amides is 2. The molecule has 1 saturated carbocycles. The normalized spacial score (nSPS) is 18.7. The van der Waals surface area contributed by atoms with Crippen LogP contribution in [0.1, 0.15) is 61.0 Å². The first kappa shape index (κ1) is 17.1. The summed E-state index contributed by atoms with van der Waals surface area (Å²) < 4.78 is 1.95. The molecule has 1 saturated heterocycles. The Hall–Kier alpha value is -2.30. The Labute approximate surface area is 154 Å². The number of aryl methyl sites for hydroxylation is 2. The lowest BCUT2D eigenvalue weighted by molar-refractivity contribution is -0.117. The molecule has 2 heterocycles. The second kappa shape index (κ2) is 6.78. The third kappa shape index (κ3) is 2.89. The van der Waals surface area contributed by atoms with Gasteiger partial charge >= 0.3 is 0 Å². The van der Waals surface area contributed by atoms with Crippen molar-refractivity contribution < 1.29 is 9.59 Å². The molecule has 2 aromatic rings. The molecule has 5 heteroatoms. The van der Waals surface area contributed by atoms with Gasteiger partial charge < -0.3 is 14.8 Å². The van der Waals surface area contributed by atoms with Crippen LogP contribution in [-0.2, 0) is 11.8 Å². The summed E-state index contributed by atoms with van der Waals surface area (Å²) in [5.41, 5.74) is 3.54. The van der Waals surface area contributed by atoms with E-state index in [-0.39, 0.29) is 17.9 Å². The molecule has 2 aliphatic rings. The largest absolute Gasteiger partial charge is 0.348 e. The lowest BCUT2D eigenvalue weighted by atomic mass is 9.95. The molecule has 1 N–H and O–H groups in total. The lowest BCUT2D eigenvalue weighted by Gasteiger charge is -2.24. The second-order valence-electron chi connectivity index (χ2n) is 7.73. The van der Waals surface area contributed by atoms with Crippen molar-refractivity contribution in [1.82, 2.24) is 9.88 Å². The number of aromatic nitrogens is 1. The number of nitrogens with zero attached hydrogens (tertiary/aromatic N) is 2. The van der Waals surface area contributed by atoms with Gasteiger partial charge in [-0.2, -0.15) is 0 Å². The van der Waals surface area contributed by atoms with Crippen molar-refractivity contribution in [2.75, 3.05) is 11.4 Å². The first-order valence-electron chi connectivity index (χ1n) is 9.76. The molecule has 0 bridgehead atoms. The van der Waals surface area contributed by atoms with E-state index in [1.807, 2.05) is 29.5 Å². The quantitative estimate of drug-likeness (QED) is 0.915. The minimum atomic E-state index is -0.0528. The molecule has 26 heavy (non-hydrogen) atoms. The summed E-state index contributed by atoms with van der Waals surface area (Å²) in [7, 11) is 1.93. The van der Waals surface area contributed by atoms with E-state index in [0.717, 1.165) is 41.4 Å². The van der Waals surface area contributed by atoms with E-state index < -0.39 is 0 Å². The molecule has 4 rings (SSSR count). The molecule has 0 radical (unpaired) electrons. The van der Waals surface area contributed by atoms with Crippen molar-refractivity contribution in [1.29, 1.82) is 0 Å². The fourth-order valence-corrected chi connectivity index (χ4v) is 4.46. The maximum absolute atomic E-state index is 13.2.